The van der Waals surface area contributed by atoms with Crippen molar-refractivity contribution >= 4 is 5.97 Å². The predicted molar refractivity (Wildman–Crippen MR) is 50.0 cm³/mol. The van der Waals surface area contributed by atoms with Gasteiger partial charge in [0, 0.05) is 0 Å². The quantitative estimate of drug-likeness (QED) is 0.868. The molecular weight excluding hydrogens is 282 g/mol. The van der Waals surface area contributed by atoms with Gasteiger partial charge in [-0.1, -0.05) is 0 Å². The first kappa shape index (κ1) is 15.1. The molecule has 1 aromatic rings. The number of hydrogen-bond donors (Lipinski definition) is 1. The molecule has 0 aromatic heterocycles. The predicted octanol–water partition coefficient (Wildman–Crippen LogP) is 3.34. The highest BCUT2D eigenvalue weighted by molar-refractivity contribution is 5.91. The average molecular weight is 288 g/mol. The normalized spacial score (nSPS) is 12.3. The lowest BCUT2D eigenvalue weighted by Crippen LogP contribution is -2.20. The SMILES string of the molecule is O=C(O)c1ccc(C(F)(F)F)cc1OCC(F)(F)F. The standard InChI is InChI=1S/C10H6F6O3/c11-9(12,13)4-19-7-3-5(10(14,15)16)1-2-6(7)8(17)18/h1-3H,4H2,(H,17,18). The fourth-order valence-corrected chi connectivity index (χ4v) is 1.15. The van der Waals surface area contributed by atoms with Gasteiger partial charge in [0.05, 0.1) is 5.56 Å². The Kier molecular flexibility index (Phi) is 3.97. The summed E-state index contributed by atoms with van der Waals surface area (Å²) in [5, 5.41) is 8.65. The van der Waals surface area contributed by atoms with Crippen molar-refractivity contribution in [1.29, 1.82) is 0 Å². The second kappa shape index (κ2) is 4.98. The summed E-state index contributed by atoms with van der Waals surface area (Å²) < 4.78 is 76.9. The van der Waals surface area contributed by atoms with Crippen LogP contribution in [0.15, 0.2) is 18.2 Å². The molecule has 0 heterocycles. The van der Waals surface area contributed by atoms with E-state index in [1.54, 1.807) is 0 Å². The molecule has 0 aliphatic carbocycles. The molecule has 0 fully saturated rings. The first-order chi connectivity index (χ1) is 8.50. The van der Waals surface area contributed by atoms with Gasteiger partial charge in [-0.2, -0.15) is 26.3 Å². The van der Waals surface area contributed by atoms with Crippen LogP contribution in [0.4, 0.5) is 26.3 Å². The average Bonchev–Trinajstić information content (AvgIpc) is 2.23. The lowest BCUT2D eigenvalue weighted by atomic mass is 10.1. The third-order valence-electron chi connectivity index (χ3n) is 1.93. The fraction of sp³-hybridized carbons (Fsp3) is 0.300. The second-order valence-corrected chi connectivity index (χ2v) is 3.42. The van der Waals surface area contributed by atoms with Crippen molar-refractivity contribution in [2.45, 2.75) is 12.4 Å². The molecule has 0 saturated heterocycles. The van der Waals surface area contributed by atoms with E-state index in [4.69, 9.17) is 5.11 Å². The maximum Gasteiger partial charge on any atom is 0.422 e. The van der Waals surface area contributed by atoms with Gasteiger partial charge >= 0.3 is 18.3 Å². The number of rotatable bonds is 3. The van der Waals surface area contributed by atoms with Crippen LogP contribution in [-0.2, 0) is 6.18 Å². The first-order valence-electron chi connectivity index (χ1n) is 4.65. The highest BCUT2D eigenvalue weighted by Gasteiger charge is 2.33. The minimum Gasteiger partial charge on any atom is -0.483 e. The molecule has 0 aliphatic rings. The Morgan fingerprint density at radius 2 is 1.74 bits per heavy atom. The van der Waals surface area contributed by atoms with E-state index in [0.29, 0.717) is 12.1 Å². The molecule has 1 aromatic carbocycles. The Morgan fingerprint density at radius 1 is 1.16 bits per heavy atom. The number of benzene rings is 1. The summed E-state index contributed by atoms with van der Waals surface area (Å²) in [5.74, 6) is -2.68. The van der Waals surface area contributed by atoms with Gasteiger partial charge in [-0.25, -0.2) is 4.79 Å². The molecule has 0 atom stereocenters. The Labute approximate surface area is 102 Å². The maximum atomic E-state index is 12.3. The zero-order valence-corrected chi connectivity index (χ0v) is 8.97. The van der Waals surface area contributed by atoms with Crippen LogP contribution in [0.1, 0.15) is 15.9 Å². The number of halogens is 6. The Hall–Kier alpha value is -1.93. The molecule has 106 valence electrons. The fourth-order valence-electron chi connectivity index (χ4n) is 1.15. The molecule has 0 amide bonds. The van der Waals surface area contributed by atoms with E-state index in [0.717, 1.165) is 0 Å². The van der Waals surface area contributed by atoms with Crippen LogP contribution >= 0.6 is 0 Å². The van der Waals surface area contributed by atoms with Gasteiger partial charge in [-0.05, 0) is 18.2 Å². The monoisotopic (exact) mass is 288 g/mol. The second-order valence-electron chi connectivity index (χ2n) is 3.42. The number of aromatic carboxylic acids is 1. The molecule has 1 N–H and O–H groups in total. The molecule has 1 rings (SSSR count). The van der Waals surface area contributed by atoms with Gasteiger partial charge in [0.2, 0.25) is 0 Å². The van der Waals surface area contributed by atoms with Crippen molar-refractivity contribution in [2.75, 3.05) is 6.61 Å². The van der Waals surface area contributed by atoms with Crippen LogP contribution in [0.5, 0.6) is 5.75 Å². The van der Waals surface area contributed by atoms with E-state index in [2.05, 4.69) is 4.74 Å². The largest absolute Gasteiger partial charge is 0.483 e. The van der Waals surface area contributed by atoms with Gasteiger partial charge in [-0.15, -0.1) is 0 Å². The summed E-state index contributed by atoms with van der Waals surface area (Å²) in [7, 11) is 0. The molecule has 0 spiro atoms. The molecule has 0 saturated carbocycles. The molecule has 0 radical (unpaired) electrons. The summed E-state index contributed by atoms with van der Waals surface area (Å²) in [6, 6.07) is 1.20. The van der Waals surface area contributed by atoms with Crippen molar-refractivity contribution in [3.63, 3.8) is 0 Å². The van der Waals surface area contributed by atoms with Gasteiger partial charge in [0.15, 0.2) is 6.61 Å². The van der Waals surface area contributed by atoms with Crippen LogP contribution in [0.25, 0.3) is 0 Å². The lowest BCUT2D eigenvalue weighted by molar-refractivity contribution is -0.153. The van der Waals surface area contributed by atoms with Crippen LogP contribution in [0.3, 0.4) is 0 Å². The number of ether oxygens (including phenoxy) is 1. The van der Waals surface area contributed by atoms with Crippen LogP contribution in [0, 0.1) is 0 Å². The molecule has 0 bridgehead atoms. The third kappa shape index (κ3) is 4.34. The van der Waals surface area contributed by atoms with Crippen LogP contribution < -0.4 is 4.74 Å². The van der Waals surface area contributed by atoms with Crippen molar-refractivity contribution in [3.05, 3.63) is 29.3 Å². The van der Waals surface area contributed by atoms with E-state index < -0.39 is 41.8 Å². The first-order valence-corrected chi connectivity index (χ1v) is 4.65. The molecule has 3 nitrogen and oxygen atoms in total. The highest BCUT2D eigenvalue weighted by atomic mass is 19.4. The van der Waals surface area contributed by atoms with E-state index in [1.165, 1.54) is 0 Å². The smallest absolute Gasteiger partial charge is 0.422 e. The number of alkyl halides is 6. The van der Waals surface area contributed by atoms with Gasteiger partial charge in [0.1, 0.15) is 11.3 Å². The lowest BCUT2D eigenvalue weighted by Gasteiger charge is -2.13. The van der Waals surface area contributed by atoms with Crippen LogP contribution in [-0.4, -0.2) is 23.9 Å². The zero-order chi connectivity index (χ0) is 14.8. The summed E-state index contributed by atoms with van der Waals surface area (Å²) in [5.41, 5.74) is -2.08. The molecule has 0 unspecified atom stereocenters. The molecule has 9 heteroatoms. The molecule has 19 heavy (non-hydrogen) atoms. The Bertz CT molecular complexity index is 477. The third-order valence-corrected chi connectivity index (χ3v) is 1.93. The van der Waals surface area contributed by atoms with Crippen molar-refractivity contribution in [2.24, 2.45) is 0 Å². The van der Waals surface area contributed by atoms with Crippen LogP contribution in [0.2, 0.25) is 0 Å². The minimum absolute atomic E-state index is 0.217. The summed E-state index contributed by atoms with van der Waals surface area (Å²) in [6.45, 7) is -1.88. The van der Waals surface area contributed by atoms with Crippen molar-refractivity contribution in [1.82, 2.24) is 0 Å². The maximum absolute atomic E-state index is 12.3. The highest BCUT2D eigenvalue weighted by Crippen LogP contribution is 2.33. The Balaban J connectivity index is 3.13. The van der Waals surface area contributed by atoms with Crippen molar-refractivity contribution < 1.29 is 41.0 Å². The summed E-state index contributed by atoms with van der Waals surface area (Å²) in [6.07, 6.45) is -9.60. The van der Waals surface area contributed by atoms with Gasteiger partial charge < -0.3 is 9.84 Å². The van der Waals surface area contributed by atoms with E-state index in [9.17, 15) is 31.1 Å². The van der Waals surface area contributed by atoms with Gasteiger partial charge in [0.25, 0.3) is 0 Å². The zero-order valence-electron chi connectivity index (χ0n) is 8.97. The Morgan fingerprint density at radius 3 is 2.16 bits per heavy atom. The number of carbonyl (C=O) groups is 1. The van der Waals surface area contributed by atoms with E-state index >= 15 is 0 Å². The minimum atomic E-state index is -4.81. The molecular formula is C10H6F6O3. The number of carboxylic acids is 1. The van der Waals surface area contributed by atoms with Gasteiger partial charge in [-0.3, -0.25) is 0 Å². The molecule has 0 aliphatic heterocycles. The number of hydrogen-bond acceptors (Lipinski definition) is 2. The topological polar surface area (TPSA) is 46.5 Å². The summed E-state index contributed by atoms with van der Waals surface area (Å²) >= 11 is 0. The summed E-state index contributed by atoms with van der Waals surface area (Å²) in [4.78, 5) is 10.7. The number of carboxylic acid groups (broad SMARTS) is 1. The van der Waals surface area contributed by atoms with E-state index in [1.807, 2.05) is 0 Å². The van der Waals surface area contributed by atoms with E-state index in [-0.39, 0.29) is 6.07 Å². The van der Waals surface area contributed by atoms with Crippen molar-refractivity contribution in [3.8, 4) is 5.75 Å².